The van der Waals surface area contributed by atoms with E-state index in [1.54, 1.807) is 6.92 Å². The van der Waals surface area contributed by atoms with Gasteiger partial charge in [-0.3, -0.25) is 4.79 Å². The summed E-state index contributed by atoms with van der Waals surface area (Å²) < 4.78 is 0. The molecule has 1 fully saturated rings. The average molecular weight is 169 g/mol. The summed E-state index contributed by atoms with van der Waals surface area (Å²) in [5.74, 6) is 1.07. The summed E-state index contributed by atoms with van der Waals surface area (Å²) in [4.78, 5) is 10.6. The fourth-order valence-corrected chi connectivity index (χ4v) is 1.84. The molecule has 0 radical (unpaired) electrons. The summed E-state index contributed by atoms with van der Waals surface area (Å²) in [6.45, 7) is 3.23. The molecule has 1 rings (SSSR count). The van der Waals surface area contributed by atoms with Crippen molar-refractivity contribution in [1.82, 2.24) is 5.32 Å². The molecule has 1 aliphatic carbocycles. The number of hydrogen-bond acceptors (Lipinski definition) is 2. The summed E-state index contributed by atoms with van der Waals surface area (Å²) in [7, 11) is 0. The lowest BCUT2D eigenvalue weighted by Gasteiger charge is -2.21. The Morgan fingerprint density at radius 1 is 1.33 bits per heavy atom. The normalized spacial score (nSPS) is 19.4. The fraction of sp³-hybridized carbons (Fsp3) is 0.900. The second kappa shape index (κ2) is 5.31. The van der Waals surface area contributed by atoms with Crippen LogP contribution in [0, 0.1) is 5.92 Å². The molecule has 0 heterocycles. The summed E-state index contributed by atoms with van der Waals surface area (Å²) >= 11 is 0. The van der Waals surface area contributed by atoms with E-state index in [4.69, 9.17) is 0 Å². The van der Waals surface area contributed by atoms with Gasteiger partial charge in [0.1, 0.15) is 5.78 Å². The van der Waals surface area contributed by atoms with Crippen molar-refractivity contribution in [2.75, 3.05) is 13.1 Å². The highest BCUT2D eigenvalue weighted by atomic mass is 16.1. The van der Waals surface area contributed by atoms with Crippen LogP contribution in [0.2, 0.25) is 0 Å². The van der Waals surface area contributed by atoms with Crippen molar-refractivity contribution < 1.29 is 4.79 Å². The maximum atomic E-state index is 10.6. The Hall–Kier alpha value is -0.370. The Morgan fingerprint density at radius 3 is 2.58 bits per heavy atom. The van der Waals surface area contributed by atoms with Crippen LogP contribution >= 0.6 is 0 Å². The lowest BCUT2D eigenvalue weighted by Crippen LogP contribution is -2.28. The van der Waals surface area contributed by atoms with Gasteiger partial charge in [-0.25, -0.2) is 0 Å². The summed E-state index contributed by atoms with van der Waals surface area (Å²) in [5.41, 5.74) is 0. The van der Waals surface area contributed by atoms with E-state index in [0.717, 1.165) is 12.5 Å². The standard InChI is InChI=1S/C10H19NO/c1-9(12)7-11-8-10-5-3-2-4-6-10/h10-11H,2-8H2,1H3. The lowest BCUT2D eigenvalue weighted by molar-refractivity contribution is -0.116. The van der Waals surface area contributed by atoms with Gasteiger partial charge in [0.2, 0.25) is 0 Å². The smallest absolute Gasteiger partial charge is 0.143 e. The van der Waals surface area contributed by atoms with Gasteiger partial charge in [0.05, 0.1) is 6.54 Å². The van der Waals surface area contributed by atoms with Crippen LogP contribution in [-0.4, -0.2) is 18.9 Å². The zero-order valence-corrected chi connectivity index (χ0v) is 7.94. The molecular formula is C10H19NO. The maximum absolute atomic E-state index is 10.6. The molecule has 0 bridgehead atoms. The molecule has 1 saturated carbocycles. The SMILES string of the molecule is CC(=O)CNCC1CCCCC1. The van der Waals surface area contributed by atoms with Crippen LogP contribution in [0.25, 0.3) is 0 Å². The summed E-state index contributed by atoms with van der Waals surface area (Å²) in [6, 6.07) is 0. The van der Waals surface area contributed by atoms with E-state index in [-0.39, 0.29) is 5.78 Å². The zero-order valence-electron chi connectivity index (χ0n) is 7.94. The minimum atomic E-state index is 0.241. The van der Waals surface area contributed by atoms with Gasteiger partial charge in [-0.15, -0.1) is 0 Å². The van der Waals surface area contributed by atoms with Gasteiger partial charge in [0.15, 0.2) is 0 Å². The quantitative estimate of drug-likeness (QED) is 0.694. The van der Waals surface area contributed by atoms with Crippen LogP contribution in [0.5, 0.6) is 0 Å². The van der Waals surface area contributed by atoms with Crippen LogP contribution in [-0.2, 0) is 4.79 Å². The molecular weight excluding hydrogens is 150 g/mol. The third kappa shape index (κ3) is 3.86. The summed E-state index contributed by atoms with van der Waals surface area (Å²) in [6.07, 6.45) is 6.87. The summed E-state index contributed by atoms with van der Waals surface area (Å²) in [5, 5.41) is 3.20. The molecule has 0 spiro atoms. The van der Waals surface area contributed by atoms with Crippen molar-refractivity contribution in [3.8, 4) is 0 Å². The number of hydrogen-bond donors (Lipinski definition) is 1. The molecule has 2 nitrogen and oxygen atoms in total. The van der Waals surface area contributed by atoms with Crippen molar-refractivity contribution in [1.29, 1.82) is 0 Å². The van der Waals surface area contributed by atoms with E-state index in [1.165, 1.54) is 32.1 Å². The molecule has 12 heavy (non-hydrogen) atoms. The second-order valence-corrected chi connectivity index (χ2v) is 3.84. The molecule has 0 amide bonds. The third-order valence-corrected chi connectivity index (χ3v) is 2.53. The second-order valence-electron chi connectivity index (χ2n) is 3.84. The van der Waals surface area contributed by atoms with Crippen LogP contribution in [0.4, 0.5) is 0 Å². The molecule has 0 aliphatic heterocycles. The van der Waals surface area contributed by atoms with E-state index < -0.39 is 0 Å². The highest BCUT2D eigenvalue weighted by Crippen LogP contribution is 2.22. The van der Waals surface area contributed by atoms with Crippen LogP contribution in [0.15, 0.2) is 0 Å². The molecule has 0 unspecified atom stereocenters. The van der Waals surface area contributed by atoms with Gasteiger partial charge in [-0.05, 0) is 32.2 Å². The van der Waals surface area contributed by atoms with E-state index in [0.29, 0.717) is 6.54 Å². The van der Waals surface area contributed by atoms with Crippen molar-refractivity contribution in [3.63, 3.8) is 0 Å². The topological polar surface area (TPSA) is 29.1 Å². The van der Waals surface area contributed by atoms with E-state index in [9.17, 15) is 4.79 Å². The van der Waals surface area contributed by atoms with Gasteiger partial charge in [-0.2, -0.15) is 0 Å². The molecule has 1 N–H and O–H groups in total. The van der Waals surface area contributed by atoms with Crippen molar-refractivity contribution in [2.24, 2.45) is 5.92 Å². The monoisotopic (exact) mass is 169 g/mol. The highest BCUT2D eigenvalue weighted by molar-refractivity contribution is 5.77. The molecule has 0 aromatic carbocycles. The molecule has 0 atom stereocenters. The first-order valence-electron chi connectivity index (χ1n) is 4.99. The van der Waals surface area contributed by atoms with Crippen LogP contribution < -0.4 is 5.32 Å². The Balaban J connectivity index is 2.01. The van der Waals surface area contributed by atoms with Crippen molar-refractivity contribution >= 4 is 5.78 Å². The molecule has 2 heteroatoms. The number of ketones is 1. The average Bonchev–Trinajstić information content (AvgIpc) is 2.05. The van der Waals surface area contributed by atoms with Gasteiger partial charge in [-0.1, -0.05) is 19.3 Å². The van der Waals surface area contributed by atoms with Gasteiger partial charge < -0.3 is 5.32 Å². The predicted molar refractivity (Wildman–Crippen MR) is 50.1 cm³/mol. The largest absolute Gasteiger partial charge is 0.310 e. The minimum Gasteiger partial charge on any atom is -0.310 e. The van der Waals surface area contributed by atoms with E-state index in [1.807, 2.05) is 0 Å². The molecule has 70 valence electrons. The van der Waals surface area contributed by atoms with Crippen molar-refractivity contribution in [3.05, 3.63) is 0 Å². The van der Waals surface area contributed by atoms with Crippen molar-refractivity contribution in [2.45, 2.75) is 39.0 Å². The zero-order chi connectivity index (χ0) is 8.81. The number of rotatable bonds is 4. The molecule has 0 aromatic heterocycles. The number of carbonyl (C=O) groups is 1. The van der Waals surface area contributed by atoms with Gasteiger partial charge in [0.25, 0.3) is 0 Å². The van der Waals surface area contributed by atoms with E-state index in [2.05, 4.69) is 5.32 Å². The Labute approximate surface area is 74.7 Å². The maximum Gasteiger partial charge on any atom is 0.143 e. The number of nitrogens with one attached hydrogen (secondary N) is 1. The van der Waals surface area contributed by atoms with E-state index >= 15 is 0 Å². The molecule has 1 aliphatic rings. The Morgan fingerprint density at radius 2 is 2.00 bits per heavy atom. The third-order valence-electron chi connectivity index (χ3n) is 2.53. The molecule has 0 aromatic rings. The Bertz CT molecular complexity index is 139. The fourth-order valence-electron chi connectivity index (χ4n) is 1.84. The predicted octanol–water partition coefficient (Wildman–Crippen LogP) is 1.75. The first-order chi connectivity index (χ1) is 5.79. The van der Waals surface area contributed by atoms with Crippen LogP contribution in [0.1, 0.15) is 39.0 Å². The first kappa shape index (κ1) is 9.72. The minimum absolute atomic E-state index is 0.241. The van der Waals surface area contributed by atoms with Gasteiger partial charge >= 0.3 is 0 Å². The lowest BCUT2D eigenvalue weighted by atomic mass is 9.89. The van der Waals surface area contributed by atoms with Gasteiger partial charge in [0, 0.05) is 0 Å². The molecule has 0 saturated heterocycles. The Kier molecular flexibility index (Phi) is 4.30. The van der Waals surface area contributed by atoms with Crippen LogP contribution in [0.3, 0.4) is 0 Å². The number of carbonyl (C=O) groups excluding carboxylic acids is 1. The first-order valence-corrected chi connectivity index (χ1v) is 4.99. The number of Topliss-reactive ketones (excluding diaryl/α,β-unsaturated/α-hetero) is 1. The highest BCUT2D eigenvalue weighted by Gasteiger charge is 2.12.